The van der Waals surface area contributed by atoms with Gasteiger partial charge in [0.25, 0.3) is 0 Å². The number of nitrogens with one attached hydrogen (secondary N) is 2. The molecule has 1 aromatic carbocycles. The number of urea groups is 1. The summed E-state index contributed by atoms with van der Waals surface area (Å²) < 4.78 is 0.0327. The van der Waals surface area contributed by atoms with E-state index in [1.807, 2.05) is 37.4 Å². The van der Waals surface area contributed by atoms with Crippen molar-refractivity contribution >= 4 is 23.5 Å². The Labute approximate surface area is 119 Å². The molecule has 0 aliphatic rings. The Morgan fingerprint density at radius 1 is 1.47 bits per heavy atom. The monoisotopic (exact) mass is 281 g/mol. The molecule has 4 N–H and O–H groups in total. The first kappa shape index (κ1) is 15.9. The van der Waals surface area contributed by atoms with Crippen molar-refractivity contribution in [3.8, 4) is 0 Å². The van der Waals surface area contributed by atoms with E-state index in [-0.39, 0.29) is 16.8 Å². The zero-order valence-corrected chi connectivity index (χ0v) is 12.8. The Hall–Kier alpha value is -1.20. The van der Waals surface area contributed by atoms with Crippen molar-refractivity contribution in [2.45, 2.75) is 31.6 Å². The average molecular weight is 281 g/mol. The fourth-order valence-corrected chi connectivity index (χ4v) is 1.66. The zero-order valence-electron chi connectivity index (χ0n) is 12.0. The molecule has 0 saturated carbocycles. The van der Waals surface area contributed by atoms with E-state index in [9.17, 15) is 4.79 Å². The van der Waals surface area contributed by atoms with Crippen LogP contribution in [0.4, 0.5) is 10.5 Å². The molecule has 1 unspecified atom stereocenters. The van der Waals surface area contributed by atoms with E-state index in [0.29, 0.717) is 6.54 Å². The van der Waals surface area contributed by atoms with Crippen molar-refractivity contribution in [2.75, 3.05) is 18.1 Å². The molecular weight excluding hydrogens is 258 g/mol. The molecule has 0 aliphatic carbocycles. The molecule has 4 nitrogen and oxygen atoms in total. The first-order valence-corrected chi connectivity index (χ1v) is 7.52. The minimum atomic E-state index is -0.191. The van der Waals surface area contributed by atoms with Crippen LogP contribution >= 0.6 is 11.8 Å². The molecule has 0 spiro atoms. The van der Waals surface area contributed by atoms with Gasteiger partial charge in [-0.25, -0.2) is 4.79 Å². The van der Waals surface area contributed by atoms with Gasteiger partial charge in [0.15, 0.2) is 0 Å². The van der Waals surface area contributed by atoms with E-state index in [1.54, 1.807) is 11.8 Å². The lowest BCUT2D eigenvalue weighted by molar-refractivity contribution is 0.251. The molecule has 106 valence electrons. The van der Waals surface area contributed by atoms with Gasteiger partial charge in [0.1, 0.15) is 0 Å². The van der Waals surface area contributed by atoms with Gasteiger partial charge < -0.3 is 16.4 Å². The topological polar surface area (TPSA) is 67.2 Å². The lowest BCUT2D eigenvalue weighted by Gasteiger charge is -2.22. The molecule has 1 aromatic rings. The summed E-state index contributed by atoms with van der Waals surface area (Å²) in [5, 5.41) is 5.69. The van der Waals surface area contributed by atoms with Crippen molar-refractivity contribution < 1.29 is 4.79 Å². The molecule has 19 heavy (non-hydrogen) atoms. The highest BCUT2D eigenvalue weighted by atomic mass is 32.2. The van der Waals surface area contributed by atoms with Gasteiger partial charge in [0, 0.05) is 23.0 Å². The number of carbonyl (C=O) groups is 1. The normalized spacial score (nSPS) is 12.9. The summed E-state index contributed by atoms with van der Waals surface area (Å²) in [7, 11) is 0. The lowest BCUT2D eigenvalue weighted by Crippen LogP contribution is -2.38. The molecular formula is C14H23N3OS. The van der Waals surface area contributed by atoms with E-state index < -0.39 is 0 Å². The fraction of sp³-hybridized carbons (Fsp3) is 0.500. The zero-order chi connectivity index (χ0) is 14.5. The maximum atomic E-state index is 11.8. The fourth-order valence-electron chi connectivity index (χ4n) is 1.44. The smallest absolute Gasteiger partial charge is 0.319 e. The molecule has 0 aliphatic heterocycles. The number of rotatable bonds is 5. The first-order valence-electron chi connectivity index (χ1n) is 6.29. The van der Waals surface area contributed by atoms with Crippen LogP contribution in [0.3, 0.4) is 0 Å². The second kappa shape index (κ2) is 6.82. The molecule has 2 amide bonds. The van der Waals surface area contributed by atoms with Crippen LogP contribution in [0, 0.1) is 0 Å². The standard InChI is InChI=1S/C14H23N3OS/c1-10(15)11-6-5-7-12(8-11)17-13(18)16-9-14(2,3)19-4/h5-8,10H,9,15H2,1-4H3,(H2,16,17,18). The maximum absolute atomic E-state index is 11.8. The molecule has 0 fully saturated rings. The van der Waals surface area contributed by atoms with Crippen molar-refractivity contribution in [1.29, 1.82) is 0 Å². The Morgan fingerprint density at radius 3 is 2.74 bits per heavy atom. The minimum Gasteiger partial charge on any atom is -0.336 e. The van der Waals surface area contributed by atoms with Crippen molar-refractivity contribution in [2.24, 2.45) is 5.73 Å². The third-order valence-corrected chi connectivity index (χ3v) is 4.15. The number of hydrogen-bond acceptors (Lipinski definition) is 3. The molecule has 0 aromatic heterocycles. The van der Waals surface area contributed by atoms with Crippen LogP contribution in [0.5, 0.6) is 0 Å². The van der Waals surface area contributed by atoms with Gasteiger partial charge in [-0.15, -0.1) is 0 Å². The van der Waals surface area contributed by atoms with E-state index in [0.717, 1.165) is 11.3 Å². The van der Waals surface area contributed by atoms with E-state index >= 15 is 0 Å². The van der Waals surface area contributed by atoms with Gasteiger partial charge >= 0.3 is 6.03 Å². The molecule has 5 heteroatoms. The van der Waals surface area contributed by atoms with Gasteiger partial charge in [-0.1, -0.05) is 12.1 Å². The summed E-state index contributed by atoms with van der Waals surface area (Å²) >= 11 is 1.72. The first-order chi connectivity index (χ1) is 8.84. The average Bonchev–Trinajstić information content (AvgIpc) is 2.37. The molecule has 0 bridgehead atoms. The number of carbonyl (C=O) groups excluding carboxylic acids is 1. The SMILES string of the molecule is CSC(C)(C)CNC(=O)Nc1cccc(C(C)N)c1. The Kier molecular flexibility index (Phi) is 5.69. The molecule has 1 atom stereocenters. The van der Waals surface area contributed by atoms with Gasteiger partial charge in [0.05, 0.1) is 0 Å². The van der Waals surface area contributed by atoms with Crippen molar-refractivity contribution in [3.05, 3.63) is 29.8 Å². The van der Waals surface area contributed by atoms with E-state index in [1.165, 1.54) is 0 Å². The molecule has 1 rings (SSSR count). The van der Waals surface area contributed by atoms with Crippen molar-refractivity contribution in [1.82, 2.24) is 5.32 Å². The summed E-state index contributed by atoms with van der Waals surface area (Å²) in [6.07, 6.45) is 2.03. The van der Waals surface area contributed by atoms with Gasteiger partial charge in [0.2, 0.25) is 0 Å². The minimum absolute atomic E-state index is 0.0327. The van der Waals surface area contributed by atoms with Crippen LogP contribution in [0.15, 0.2) is 24.3 Å². The highest BCUT2D eigenvalue weighted by Gasteiger charge is 2.16. The van der Waals surface area contributed by atoms with Gasteiger partial charge in [-0.05, 0) is 44.7 Å². The van der Waals surface area contributed by atoms with Gasteiger partial charge in [-0.2, -0.15) is 11.8 Å². The number of benzene rings is 1. The summed E-state index contributed by atoms with van der Waals surface area (Å²) in [5.74, 6) is 0. The quantitative estimate of drug-likeness (QED) is 0.777. The Bertz CT molecular complexity index is 432. The number of anilines is 1. The predicted molar refractivity (Wildman–Crippen MR) is 83.7 cm³/mol. The van der Waals surface area contributed by atoms with Crippen LogP contribution in [0.25, 0.3) is 0 Å². The third kappa shape index (κ3) is 5.53. The number of amides is 2. The highest BCUT2D eigenvalue weighted by molar-refractivity contribution is 7.99. The second-order valence-corrected chi connectivity index (χ2v) is 6.70. The van der Waals surface area contributed by atoms with Crippen LogP contribution in [0.1, 0.15) is 32.4 Å². The summed E-state index contributed by atoms with van der Waals surface area (Å²) in [6.45, 7) is 6.72. The van der Waals surface area contributed by atoms with E-state index in [4.69, 9.17) is 5.73 Å². The predicted octanol–water partition coefficient (Wildman–Crippen LogP) is 2.97. The largest absolute Gasteiger partial charge is 0.336 e. The number of thioether (sulfide) groups is 1. The summed E-state index contributed by atoms with van der Waals surface area (Å²) in [4.78, 5) is 11.8. The Morgan fingerprint density at radius 2 is 2.16 bits per heavy atom. The Balaban J connectivity index is 2.55. The van der Waals surface area contributed by atoms with Crippen LogP contribution in [-0.2, 0) is 0 Å². The number of nitrogens with two attached hydrogens (primary N) is 1. The highest BCUT2D eigenvalue weighted by Crippen LogP contribution is 2.19. The third-order valence-electron chi connectivity index (χ3n) is 2.90. The van der Waals surface area contributed by atoms with Crippen LogP contribution < -0.4 is 16.4 Å². The second-order valence-electron chi connectivity index (χ2n) is 5.19. The van der Waals surface area contributed by atoms with Gasteiger partial charge in [-0.3, -0.25) is 0 Å². The summed E-state index contributed by atoms with van der Waals surface area (Å²) in [6, 6.07) is 7.35. The van der Waals surface area contributed by atoms with Crippen LogP contribution in [-0.4, -0.2) is 23.6 Å². The van der Waals surface area contributed by atoms with E-state index in [2.05, 4.69) is 24.5 Å². The maximum Gasteiger partial charge on any atom is 0.319 e. The molecule has 0 radical (unpaired) electrons. The molecule has 0 saturated heterocycles. The van der Waals surface area contributed by atoms with Crippen molar-refractivity contribution in [3.63, 3.8) is 0 Å². The van der Waals surface area contributed by atoms with Crippen LogP contribution in [0.2, 0.25) is 0 Å². The number of hydrogen-bond donors (Lipinski definition) is 3. The molecule has 0 heterocycles. The summed E-state index contributed by atoms with van der Waals surface area (Å²) in [5.41, 5.74) is 7.58. The lowest BCUT2D eigenvalue weighted by atomic mass is 10.1.